The minimum atomic E-state index is -2.18. The number of hydrogen-bond acceptors (Lipinski definition) is 4. The highest BCUT2D eigenvalue weighted by Crippen LogP contribution is 2.45. The molecule has 0 spiro atoms. The van der Waals surface area contributed by atoms with Gasteiger partial charge in [-0.05, 0) is 34.8 Å². The SMILES string of the molecule is CC(C)(C)[Si](C)(C)O[C@@H](C[C@@H](O)c1ccccc1)C1=NO[C@H](c2ccccc2)[C@H]1c1ccccc1. The van der Waals surface area contributed by atoms with E-state index in [0.29, 0.717) is 6.42 Å². The lowest BCUT2D eigenvalue weighted by atomic mass is 9.82. The third kappa shape index (κ3) is 5.75. The second-order valence-corrected chi connectivity index (χ2v) is 15.6. The van der Waals surface area contributed by atoms with Gasteiger partial charge in [0, 0.05) is 6.42 Å². The molecule has 1 aliphatic heterocycles. The highest BCUT2D eigenvalue weighted by molar-refractivity contribution is 6.74. The van der Waals surface area contributed by atoms with Gasteiger partial charge in [0.15, 0.2) is 14.4 Å². The van der Waals surface area contributed by atoms with E-state index in [0.717, 1.165) is 22.4 Å². The molecule has 35 heavy (non-hydrogen) atoms. The normalized spacial score (nSPS) is 20.1. The number of hydrogen-bond donors (Lipinski definition) is 1. The lowest BCUT2D eigenvalue weighted by molar-refractivity contribution is 0.0762. The number of rotatable bonds is 8. The zero-order valence-corrected chi connectivity index (χ0v) is 22.4. The summed E-state index contributed by atoms with van der Waals surface area (Å²) < 4.78 is 6.98. The van der Waals surface area contributed by atoms with E-state index in [9.17, 15) is 5.11 Å². The van der Waals surface area contributed by atoms with Crippen LogP contribution in [0.25, 0.3) is 0 Å². The lowest BCUT2D eigenvalue weighted by Gasteiger charge is -2.40. The van der Waals surface area contributed by atoms with Gasteiger partial charge in [-0.3, -0.25) is 0 Å². The van der Waals surface area contributed by atoms with Crippen LogP contribution in [0.2, 0.25) is 18.1 Å². The van der Waals surface area contributed by atoms with Crippen LogP contribution in [0.1, 0.15) is 62.0 Å². The van der Waals surface area contributed by atoms with Gasteiger partial charge >= 0.3 is 0 Å². The molecule has 184 valence electrons. The summed E-state index contributed by atoms with van der Waals surface area (Å²) in [5, 5.41) is 15.9. The van der Waals surface area contributed by atoms with Crippen molar-refractivity contribution in [2.75, 3.05) is 0 Å². The van der Waals surface area contributed by atoms with E-state index < -0.39 is 14.4 Å². The van der Waals surface area contributed by atoms with Crippen LogP contribution in [0.4, 0.5) is 0 Å². The van der Waals surface area contributed by atoms with Crippen molar-refractivity contribution >= 4 is 14.0 Å². The van der Waals surface area contributed by atoms with Crippen molar-refractivity contribution < 1.29 is 14.4 Å². The summed E-state index contributed by atoms with van der Waals surface area (Å²) in [6.07, 6.45) is -0.859. The first-order valence-corrected chi connectivity index (χ1v) is 15.3. The second kappa shape index (κ2) is 10.5. The van der Waals surface area contributed by atoms with Gasteiger partial charge in [0.05, 0.1) is 23.8 Å². The van der Waals surface area contributed by atoms with Crippen molar-refractivity contribution in [1.82, 2.24) is 0 Å². The highest BCUT2D eigenvalue weighted by atomic mass is 28.4. The molecule has 0 bridgehead atoms. The Kier molecular flexibility index (Phi) is 7.60. The van der Waals surface area contributed by atoms with Gasteiger partial charge in [0.1, 0.15) is 0 Å². The molecule has 0 saturated heterocycles. The van der Waals surface area contributed by atoms with E-state index in [2.05, 4.69) is 75.4 Å². The van der Waals surface area contributed by atoms with Crippen molar-refractivity contribution in [3.8, 4) is 0 Å². The maximum atomic E-state index is 11.2. The number of oxime groups is 1. The Bertz CT molecular complexity index is 1110. The van der Waals surface area contributed by atoms with Gasteiger partial charge in [0.2, 0.25) is 0 Å². The summed E-state index contributed by atoms with van der Waals surface area (Å²) in [4.78, 5) is 6.13. The van der Waals surface area contributed by atoms with E-state index in [1.807, 2.05) is 54.6 Å². The quantitative estimate of drug-likeness (QED) is 0.337. The third-order valence-corrected chi connectivity index (χ3v) is 11.9. The van der Waals surface area contributed by atoms with Crippen molar-refractivity contribution in [2.45, 2.75) is 69.6 Å². The summed E-state index contributed by atoms with van der Waals surface area (Å²) in [7, 11) is -2.18. The molecule has 4 rings (SSSR count). The molecule has 0 aliphatic carbocycles. The Morgan fingerprint density at radius 2 is 1.37 bits per heavy atom. The Morgan fingerprint density at radius 1 is 0.857 bits per heavy atom. The van der Waals surface area contributed by atoms with Gasteiger partial charge in [0.25, 0.3) is 0 Å². The summed E-state index contributed by atoms with van der Waals surface area (Å²) in [6.45, 7) is 11.2. The number of aliphatic hydroxyl groups excluding tert-OH is 1. The van der Waals surface area contributed by atoms with Crippen molar-refractivity contribution in [1.29, 1.82) is 0 Å². The smallest absolute Gasteiger partial charge is 0.192 e. The third-order valence-electron chi connectivity index (χ3n) is 7.37. The standard InChI is InChI=1S/C30H37NO3Si/c1-30(2,3)35(4,5)34-26(21-25(32)22-15-9-6-10-16-22)28-27(23-17-11-7-12-18-23)29(33-31-28)24-19-13-8-14-20-24/h6-20,25-27,29,32H,21H2,1-5H3/t25-,26+,27+,29-/m1/s1. The first-order chi connectivity index (χ1) is 16.7. The Labute approximate surface area is 210 Å². The van der Waals surface area contributed by atoms with Crippen LogP contribution in [0.5, 0.6) is 0 Å². The molecule has 0 aromatic heterocycles. The largest absolute Gasteiger partial charge is 0.408 e. The number of aliphatic hydroxyl groups is 1. The molecule has 0 radical (unpaired) electrons. The minimum absolute atomic E-state index is 0.0179. The van der Waals surface area contributed by atoms with Crippen molar-refractivity contribution in [3.05, 3.63) is 108 Å². The molecular formula is C30H37NO3Si. The van der Waals surface area contributed by atoms with E-state index >= 15 is 0 Å². The number of nitrogens with zero attached hydrogens (tertiary/aromatic N) is 1. The molecule has 3 aromatic carbocycles. The monoisotopic (exact) mass is 487 g/mol. The fourth-order valence-electron chi connectivity index (χ4n) is 4.33. The van der Waals surface area contributed by atoms with Crippen LogP contribution < -0.4 is 0 Å². The van der Waals surface area contributed by atoms with E-state index in [4.69, 9.17) is 9.26 Å². The van der Waals surface area contributed by atoms with E-state index in [1.165, 1.54) is 0 Å². The molecular weight excluding hydrogens is 450 g/mol. The van der Waals surface area contributed by atoms with Crippen LogP contribution >= 0.6 is 0 Å². The summed E-state index contributed by atoms with van der Waals surface area (Å²) in [6, 6.07) is 30.4. The number of benzene rings is 3. The van der Waals surface area contributed by atoms with E-state index in [-0.39, 0.29) is 23.2 Å². The second-order valence-electron chi connectivity index (χ2n) is 10.9. The maximum absolute atomic E-state index is 11.2. The van der Waals surface area contributed by atoms with Gasteiger partial charge < -0.3 is 14.4 Å². The molecule has 5 heteroatoms. The summed E-state index contributed by atoms with van der Waals surface area (Å²) in [5.74, 6) is -0.101. The molecule has 4 atom stereocenters. The van der Waals surface area contributed by atoms with Crippen molar-refractivity contribution in [3.63, 3.8) is 0 Å². The molecule has 1 aliphatic rings. The maximum Gasteiger partial charge on any atom is 0.192 e. The Hall–Kier alpha value is -2.73. The predicted octanol–water partition coefficient (Wildman–Crippen LogP) is 7.41. The van der Waals surface area contributed by atoms with Crippen LogP contribution in [0, 0.1) is 0 Å². The minimum Gasteiger partial charge on any atom is -0.408 e. The molecule has 0 saturated carbocycles. The van der Waals surface area contributed by atoms with Gasteiger partial charge in [-0.1, -0.05) is 117 Å². The molecule has 3 aromatic rings. The molecule has 0 fully saturated rings. The Morgan fingerprint density at radius 3 is 1.91 bits per heavy atom. The first-order valence-electron chi connectivity index (χ1n) is 12.4. The zero-order chi connectivity index (χ0) is 25.1. The molecule has 1 N–H and O–H groups in total. The summed E-state index contributed by atoms with van der Waals surface area (Å²) in [5.41, 5.74) is 3.95. The van der Waals surface area contributed by atoms with Crippen LogP contribution in [-0.4, -0.2) is 25.2 Å². The lowest BCUT2D eigenvalue weighted by Crippen LogP contribution is -2.47. The first kappa shape index (κ1) is 25.4. The van der Waals surface area contributed by atoms with Crippen LogP contribution in [-0.2, 0) is 9.26 Å². The van der Waals surface area contributed by atoms with Gasteiger partial charge in [-0.25, -0.2) is 0 Å². The fourth-order valence-corrected chi connectivity index (χ4v) is 5.61. The Balaban J connectivity index is 1.73. The molecule has 4 nitrogen and oxygen atoms in total. The average Bonchev–Trinajstić information content (AvgIpc) is 3.30. The predicted molar refractivity (Wildman–Crippen MR) is 145 cm³/mol. The van der Waals surface area contributed by atoms with Crippen LogP contribution in [0.3, 0.4) is 0 Å². The highest BCUT2D eigenvalue weighted by Gasteiger charge is 2.46. The average molecular weight is 488 g/mol. The fraction of sp³-hybridized carbons (Fsp3) is 0.367. The van der Waals surface area contributed by atoms with Crippen LogP contribution in [0.15, 0.2) is 96.2 Å². The zero-order valence-electron chi connectivity index (χ0n) is 21.4. The topological polar surface area (TPSA) is 51.0 Å². The van der Waals surface area contributed by atoms with Gasteiger partial charge in [-0.2, -0.15) is 0 Å². The van der Waals surface area contributed by atoms with E-state index in [1.54, 1.807) is 0 Å². The molecule has 1 heterocycles. The van der Waals surface area contributed by atoms with Gasteiger partial charge in [-0.15, -0.1) is 0 Å². The summed E-state index contributed by atoms with van der Waals surface area (Å²) >= 11 is 0. The molecule has 0 amide bonds. The molecule has 0 unspecified atom stereocenters. The van der Waals surface area contributed by atoms with Crippen molar-refractivity contribution in [2.24, 2.45) is 5.16 Å².